The van der Waals surface area contributed by atoms with Crippen molar-refractivity contribution in [1.82, 2.24) is 0 Å². The number of rotatable bonds is 4. The third-order valence-corrected chi connectivity index (χ3v) is 4.32. The lowest BCUT2D eigenvalue weighted by atomic mass is 9.94. The molecule has 19 heavy (non-hydrogen) atoms. The van der Waals surface area contributed by atoms with E-state index in [2.05, 4.69) is 24.0 Å². The van der Waals surface area contributed by atoms with Gasteiger partial charge in [0, 0.05) is 30.9 Å². The SMILES string of the molecule is COC1(C)CCCN(c2ccc(CCN)c(Cl)c2)C1. The van der Waals surface area contributed by atoms with Crippen LogP contribution in [0.15, 0.2) is 18.2 Å². The van der Waals surface area contributed by atoms with Crippen LogP contribution in [0.25, 0.3) is 0 Å². The van der Waals surface area contributed by atoms with Gasteiger partial charge in [0.25, 0.3) is 0 Å². The summed E-state index contributed by atoms with van der Waals surface area (Å²) in [6, 6.07) is 6.27. The highest BCUT2D eigenvalue weighted by atomic mass is 35.5. The normalized spacial score (nSPS) is 23.7. The zero-order chi connectivity index (χ0) is 13.9. The van der Waals surface area contributed by atoms with Gasteiger partial charge >= 0.3 is 0 Å². The van der Waals surface area contributed by atoms with E-state index in [1.54, 1.807) is 7.11 Å². The van der Waals surface area contributed by atoms with Gasteiger partial charge in [-0.1, -0.05) is 17.7 Å². The maximum Gasteiger partial charge on any atom is 0.0825 e. The van der Waals surface area contributed by atoms with E-state index in [-0.39, 0.29) is 5.60 Å². The average Bonchev–Trinajstić information content (AvgIpc) is 2.41. The standard InChI is InChI=1S/C15H23ClN2O/c1-15(19-2)7-3-9-18(11-15)13-5-4-12(6-8-17)14(16)10-13/h4-5,10H,3,6-9,11,17H2,1-2H3. The van der Waals surface area contributed by atoms with Crippen LogP contribution < -0.4 is 10.6 Å². The minimum absolute atomic E-state index is 0.0549. The van der Waals surface area contributed by atoms with E-state index in [0.717, 1.165) is 42.9 Å². The number of hydrogen-bond donors (Lipinski definition) is 1. The summed E-state index contributed by atoms with van der Waals surface area (Å²) in [6.45, 7) is 4.77. The predicted octanol–water partition coefficient (Wildman–Crippen LogP) is 2.85. The van der Waals surface area contributed by atoms with Crippen LogP contribution in [-0.4, -0.2) is 32.3 Å². The largest absolute Gasteiger partial charge is 0.377 e. The molecule has 2 N–H and O–H groups in total. The average molecular weight is 283 g/mol. The highest BCUT2D eigenvalue weighted by Crippen LogP contribution is 2.30. The maximum atomic E-state index is 6.32. The third-order valence-electron chi connectivity index (χ3n) is 3.97. The lowest BCUT2D eigenvalue weighted by Crippen LogP contribution is -2.47. The number of methoxy groups -OCH3 is 1. The molecule has 1 aliphatic rings. The van der Waals surface area contributed by atoms with E-state index in [1.165, 1.54) is 5.69 Å². The molecule has 1 aromatic carbocycles. The van der Waals surface area contributed by atoms with Crippen molar-refractivity contribution >= 4 is 17.3 Å². The molecule has 1 aromatic rings. The Morgan fingerprint density at radius 1 is 1.47 bits per heavy atom. The summed E-state index contributed by atoms with van der Waals surface area (Å²) in [7, 11) is 1.79. The molecule has 0 aliphatic carbocycles. The molecule has 0 amide bonds. The molecule has 1 fully saturated rings. The summed E-state index contributed by atoms with van der Waals surface area (Å²) in [5.74, 6) is 0. The Bertz CT molecular complexity index is 438. The van der Waals surface area contributed by atoms with Crippen molar-refractivity contribution in [3.05, 3.63) is 28.8 Å². The van der Waals surface area contributed by atoms with E-state index >= 15 is 0 Å². The van der Waals surface area contributed by atoms with Crippen LogP contribution in [0.2, 0.25) is 5.02 Å². The van der Waals surface area contributed by atoms with Gasteiger partial charge in [-0.3, -0.25) is 0 Å². The first-order chi connectivity index (χ1) is 9.08. The number of ether oxygens (including phenoxy) is 1. The molecule has 0 aromatic heterocycles. The Morgan fingerprint density at radius 3 is 2.89 bits per heavy atom. The Kier molecular flexibility index (Phi) is 4.71. The van der Waals surface area contributed by atoms with E-state index in [0.29, 0.717) is 6.54 Å². The quantitative estimate of drug-likeness (QED) is 0.923. The number of piperidine rings is 1. The van der Waals surface area contributed by atoms with Gasteiger partial charge in [0.15, 0.2) is 0 Å². The fourth-order valence-electron chi connectivity index (χ4n) is 2.68. The first-order valence-corrected chi connectivity index (χ1v) is 7.24. The fraction of sp³-hybridized carbons (Fsp3) is 0.600. The second kappa shape index (κ2) is 6.12. The maximum absolute atomic E-state index is 6.32. The van der Waals surface area contributed by atoms with Gasteiger partial charge in [0.2, 0.25) is 0 Å². The monoisotopic (exact) mass is 282 g/mol. The minimum atomic E-state index is -0.0549. The molecule has 1 heterocycles. The number of halogens is 1. The van der Waals surface area contributed by atoms with Crippen molar-refractivity contribution in [2.24, 2.45) is 5.73 Å². The van der Waals surface area contributed by atoms with Gasteiger partial charge in [-0.15, -0.1) is 0 Å². The molecule has 0 spiro atoms. The molecule has 1 unspecified atom stereocenters. The topological polar surface area (TPSA) is 38.5 Å². The van der Waals surface area contributed by atoms with E-state index in [4.69, 9.17) is 22.1 Å². The Hall–Kier alpha value is -0.770. The predicted molar refractivity (Wildman–Crippen MR) is 81.1 cm³/mol. The fourth-order valence-corrected chi connectivity index (χ4v) is 2.95. The van der Waals surface area contributed by atoms with Gasteiger partial charge in [-0.05, 0) is 50.4 Å². The van der Waals surface area contributed by atoms with Crippen LogP contribution in [0.5, 0.6) is 0 Å². The molecule has 1 atom stereocenters. The Labute approximate surface area is 120 Å². The molecule has 0 saturated carbocycles. The van der Waals surface area contributed by atoms with Crippen molar-refractivity contribution in [3.63, 3.8) is 0 Å². The van der Waals surface area contributed by atoms with Gasteiger partial charge in [-0.25, -0.2) is 0 Å². The lowest BCUT2D eigenvalue weighted by molar-refractivity contribution is -0.00465. The Morgan fingerprint density at radius 2 is 2.26 bits per heavy atom. The summed E-state index contributed by atoms with van der Waals surface area (Å²) in [5, 5.41) is 0.813. The van der Waals surface area contributed by atoms with E-state index in [1.807, 2.05) is 6.07 Å². The molecular weight excluding hydrogens is 260 g/mol. The van der Waals surface area contributed by atoms with Gasteiger partial charge in [0.1, 0.15) is 0 Å². The van der Waals surface area contributed by atoms with Crippen molar-refractivity contribution in [3.8, 4) is 0 Å². The van der Waals surface area contributed by atoms with E-state index in [9.17, 15) is 0 Å². The van der Waals surface area contributed by atoms with Crippen LogP contribution in [-0.2, 0) is 11.2 Å². The molecule has 0 bridgehead atoms. The van der Waals surface area contributed by atoms with Crippen molar-refractivity contribution < 1.29 is 4.74 Å². The van der Waals surface area contributed by atoms with Gasteiger partial charge in [-0.2, -0.15) is 0 Å². The summed E-state index contributed by atoms with van der Waals surface area (Å²) in [4.78, 5) is 2.35. The third kappa shape index (κ3) is 3.41. The van der Waals surface area contributed by atoms with E-state index < -0.39 is 0 Å². The number of nitrogens with two attached hydrogens (primary N) is 1. The first kappa shape index (κ1) is 14.6. The van der Waals surface area contributed by atoms with Crippen molar-refractivity contribution in [2.45, 2.75) is 31.8 Å². The molecule has 0 radical (unpaired) electrons. The zero-order valence-electron chi connectivity index (χ0n) is 11.8. The first-order valence-electron chi connectivity index (χ1n) is 6.86. The Balaban J connectivity index is 2.15. The lowest BCUT2D eigenvalue weighted by Gasteiger charge is -2.40. The van der Waals surface area contributed by atoms with Crippen LogP contribution in [0.4, 0.5) is 5.69 Å². The second-order valence-electron chi connectivity index (χ2n) is 5.49. The molecule has 4 heteroatoms. The summed E-state index contributed by atoms with van der Waals surface area (Å²) >= 11 is 6.32. The van der Waals surface area contributed by atoms with Crippen LogP contribution in [0.1, 0.15) is 25.3 Å². The zero-order valence-corrected chi connectivity index (χ0v) is 12.5. The van der Waals surface area contributed by atoms with Gasteiger partial charge in [0.05, 0.1) is 5.60 Å². The highest BCUT2D eigenvalue weighted by Gasteiger charge is 2.30. The van der Waals surface area contributed by atoms with Crippen molar-refractivity contribution in [1.29, 1.82) is 0 Å². The summed E-state index contributed by atoms with van der Waals surface area (Å²) in [6.07, 6.45) is 3.08. The number of hydrogen-bond acceptors (Lipinski definition) is 3. The smallest absolute Gasteiger partial charge is 0.0825 e. The molecular formula is C15H23ClN2O. The summed E-state index contributed by atoms with van der Waals surface area (Å²) in [5.41, 5.74) is 7.82. The van der Waals surface area contributed by atoms with Crippen LogP contribution in [0.3, 0.4) is 0 Å². The molecule has 106 valence electrons. The number of nitrogens with zero attached hydrogens (tertiary/aromatic N) is 1. The van der Waals surface area contributed by atoms with Crippen LogP contribution >= 0.6 is 11.6 Å². The molecule has 1 saturated heterocycles. The second-order valence-corrected chi connectivity index (χ2v) is 5.90. The molecule has 2 rings (SSSR count). The highest BCUT2D eigenvalue weighted by molar-refractivity contribution is 6.31. The summed E-state index contributed by atoms with van der Waals surface area (Å²) < 4.78 is 5.63. The molecule has 1 aliphatic heterocycles. The van der Waals surface area contributed by atoms with Crippen molar-refractivity contribution in [2.75, 3.05) is 31.6 Å². The van der Waals surface area contributed by atoms with Crippen LogP contribution in [0, 0.1) is 0 Å². The minimum Gasteiger partial charge on any atom is -0.377 e. The number of benzene rings is 1. The van der Waals surface area contributed by atoms with Gasteiger partial charge < -0.3 is 15.4 Å². The number of anilines is 1. The molecule has 3 nitrogen and oxygen atoms in total.